The zero-order valence-electron chi connectivity index (χ0n) is 16.7. The predicted molar refractivity (Wildman–Crippen MR) is 110 cm³/mol. The largest absolute Gasteiger partial charge is 0.485 e. The molecule has 2 aromatic rings. The molecule has 4 rings (SSSR count). The van der Waals surface area contributed by atoms with Crippen molar-refractivity contribution in [3.05, 3.63) is 47.7 Å². The van der Waals surface area contributed by atoms with E-state index in [1.54, 1.807) is 12.1 Å². The molecule has 1 unspecified atom stereocenters. The molecule has 1 fully saturated rings. The van der Waals surface area contributed by atoms with Crippen LogP contribution in [0.2, 0.25) is 0 Å². The molecule has 0 radical (unpaired) electrons. The molecule has 1 aromatic carbocycles. The van der Waals surface area contributed by atoms with Crippen molar-refractivity contribution in [3.8, 4) is 23.1 Å². The SMILES string of the molecule is CN(C(=N)N)C(=O)C1C[C@]2(CCCOC2)Oc2ccc(-c3cccc(C#N)n3)cc21. The highest BCUT2D eigenvalue weighted by Crippen LogP contribution is 2.46. The molecule has 8 heteroatoms. The second-order valence-corrected chi connectivity index (χ2v) is 7.75. The van der Waals surface area contributed by atoms with E-state index in [0.29, 0.717) is 36.8 Å². The van der Waals surface area contributed by atoms with Gasteiger partial charge in [-0.05, 0) is 43.2 Å². The van der Waals surface area contributed by atoms with Gasteiger partial charge in [0.25, 0.3) is 0 Å². The second kappa shape index (κ2) is 7.76. The van der Waals surface area contributed by atoms with Gasteiger partial charge in [0, 0.05) is 31.2 Å². The molecule has 1 amide bonds. The van der Waals surface area contributed by atoms with E-state index in [-0.39, 0.29) is 11.9 Å². The third-order valence-corrected chi connectivity index (χ3v) is 5.72. The van der Waals surface area contributed by atoms with Gasteiger partial charge in [-0.2, -0.15) is 5.26 Å². The standard InChI is InChI=1S/C22H23N5O3/c1-27(21(24)25)20(28)17-11-22(8-3-9-29-13-22)30-19-7-6-14(10-16(17)19)18-5-2-4-15(12-23)26-18/h2,4-7,10,17H,3,8-9,11,13H2,1H3,(H3,24,25)/t17?,22-/m0/s1. The van der Waals surface area contributed by atoms with Crippen molar-refractivity contribution in [1.29, 1.82) is 10.7 Å². The summed E-state index contributed by atoms with van der Waals surface area (Å²) in [5.74, 6) is -0.458. The Balaban J connectivity index is 1.78. The second-order valence-electron chi connectivity index (χ2n) is 7.75. The van der Waals surface area contributed by atoms with Gasteiger partial charge in [0.2, 0.25) is 5.91 Å². The maximum Gasteiger partial charge on any atom is 0.236 e. The molecule has 1 aromatic heterocycles. The number of aromatic nitrogens is 1. The van der Waals surface area contributed by atoms with Gasteiger partial charge in [0.15, 0.2) is 5.96 Å². The molecule has 0 bridgehead atoms. The van der Waals surface area contributed by atoms with E-state index in [0.717, 1.165) is 24.0 Å². The number of nitrogens with one attached hydrogen (secondary N) is 1. The van der Waals surface area contributed by atoms with Gasteiger partial charge in [-0.1, -0.05) is 6.07 Å². The van der Waals surface area contributed by atoms with E-state index in [4.69, 9.17) is 25.9 Å². The summed E-state index contributed by atoms with van der Waals surface area (Å²) in [4.78, 5) is 18.7. The Bertz CT molecular complexity index is 1040. The Kier molecular flexibility index (Phi) is 5.14. The van der Waals surface area contributed by atoms with Crippen LogP contribution in [-0.2, 0) is 9.53 Å². The number of pyridine rings is 1. The lowest BCUT2D eigenvalue weighted by Crippen LogP contribution is -2.51. The number of rotatable bonds is 2. The van der Waals surface area contributed by atoms with E-state index in [1.165, 1.54) is 11.9 Å². The molecule has 0 saturated carbocycles. The maximum absolute atomic E-state index is 13.2. The Hall–Kier alpha value is -3.44. The summed E-state index contributed by atoms with van der Waals surface area (Å²) in [6.45, 7) is 1.11. The van der Waals surface area contributed by atoms with Crippen molar-refractivity contribution in [1.82, 2.24) is 9.88 Å². The average Bonchev–Trinajstić information content (AvgIpc) is 2.77. The normalized spacial score (nSPS) is 22.5. The molecule has 3 N–H and O–H groups in total. The van der Waals surface area contributed by atoms with E-state index in [9.17, 15) is 4.79 Å². The summed E-state index contributed by atoms with van der Waals surface area (Å²) >= 11 is 0. The average molecular weight is 405 g/mol. The van der Waals surface area contributed by atoms with Crippen LogP contribution < -0.4 is 10.5 Å². The molecule has 0 aliphatic carbocycles. The van der Waals surface area contributed by atoms with E-state index < -0.39 is 11.5 Å². The number of ether oxygens (including phenoxy) is 2. The first-order chi connectivity index (χ1) is 14.4. The van der Waals surface area contributed by atoms with Crippen LogP contribution in [-0.4, -0.2) is 47.6 Å². The number of carbonyl (C=O) groups is 1. The van der Waals surface area contributed by atoms with Crippen molar-refractivity contribution in [2.45, 2.75) is 30.8 Å². The molecule has 2 aliphatic heterocycles. The van der Waals surface area contributed by atoms with Gasteiger partial charge < -0.3 is 15.2 Å². The summed E-state index contributed by atoms with van der Waals surface area (Å²) in [5.41, 5.74) is 7.49. The number of fused-ring (bicyclic) bond motifs is 1. The summed E-state index contributed by atoms with van der Waals surface area (Å²) in [5, 5.41) is 16.8. The number of carbonyl (C=O) groups excluding carboxylic acids is 1. The Morgan fingerprint density at radius 2 is 2.23 bits per heavy atom. The summed E-state index contributed by atoms with van der Waals surface area (Å²) in [6, 6.07) is 12.9. The van der Waals surface area contributed by atoms with Crippen molar-refractivity contribution < 1.29 is 14.3 Å². The van der Waals surface area contributed by atoms with Crippen LogP contribution in [0.3, 0.4) is 0 Å². The fraction of sp³-hybridized carbons (Fsp3) is 0.364. The van der Waals surface area contributed by atoms with Gasteiger partial charge >= 0.3 is 0 Å². The number of nitrogens with zero attached hydrogens (tertiary/aromatic N) is 3. The van der Waals surface area contributed by atoms with E-state index in [2.05, 4.69) is 4.98 Å². The first-order valence-corrected chi connectivity index (χ1v) is 9.82. The summed E-state index contributed by atoms with van der Waals surface area (Å²) in [6.07, 6.45) is 2.11. The molecule has 2 atom stereocenters. The predicted octanol–water partition coefficient (Wildman–Crippen LogP) is 2.39. The number of guanidine groups is 1. The van der Waals surface area contributed by atoms with Crippen molar-refractivity contribution in [2.75, 3.05) is 20.3 Å². The molecule has 3 heterocycles. The Morgan fingerprint density at radius 3 is 2.93 bits per heavy atom. The zero-order valence-corrected chi connectivity index (χ0v) is 16.7. The molecule has 1 saturated heterocycles. The van der Waals surface area contributed by atoms with E-state index in [1.807, 2.05) is 30.3 Å². The zero-order chi connectivity index (χ0) is 21.3. The number of amides is 1. The number of hydrogen-bond acceptors (Lipinski definition) is 6. The van der Waals surface area contributed by atoms with Crippen LogP contribution in [0.1, 0.15) is 36.4 Å². The van der Waals surface area contributed by atoms with Crippen LogP contribution in [0.4, 0.5) is 0 Å². The highest BCUT2D eigenvalue weighted by Gasteiger charge is 2.46. The summed E-state index contributed by atoms with van der Waals surface area (Å²) in [7, 11) is 1.51. The lowest BCUT2D eigenvalue weighted by atomic mass is 9.78. The topological polar surface area (TPSA) is 125 Å². The van der Waals surface area contributed by atoms with Crippen LogP contribution >= 0.6 is 0 Å². The quantitative estimate of drug-likeness (QED) is 0.584. The fourth-order valence-corrected chi connectivity index (χ4v) is 4.13. The number of likely N-dealkylation sites (N-methyl/N-ethyl adjacent to an activating group) is 1. The van der Waals surface area contributed by atoms with Crippen LogP contribution in [0.25, 0.3) is 11.3 Å². The van der Waals surface area contributed by atoms with Crippen molar-refractivity contribution >= 4 is 11.9 Å². The van der Waals surface area contributed by atoms with Crippen LogP contribution in [0.15, 0.2) is 36.4 Å². The smallest absolute Gasteiger partial charge is 0.236 e. The molecular formula is C22H23N5O3. The van der Waals surface area contributed by atoms with Gasteiger partial charge in [-0.25, -0.2) is 4.98 Å². The monoisotopic (exact) mass is 405 g/mol. The maximum atomic E-state index is 13.2. The van der Waals surface area contributed by atoms with Gasteiger partial charge in [0.1, 0.15) is 23.1 Å². The highest BCUT2D eigenvalue weighted by atomic mass is 16.5. The fourth-order valence-electron chi connectivity index (χ4n) is 4.13. The minimum absolute atomic E-state index is 0.257. The Morgan fingerprint density at radius 1 is 1.40 bits per heavy atom. The van der Waals surface area contributed by atoms with Gasteiger partial charge in [-0.15, -0.1) is 0 Å². The molecular weight excluding hydrogens is 382 g/mol. The molecule has 8 nitrogen and oxygen atoms in total. The molecule has 154 valence electrons. The number of benzene rings is 1. The lowest BCUT2D eigenvalue weighted by molar-refractivity contribution is -0.133. The Labute approximate surface area is 174 Å². The highest BCUT2D eigenvalue weighted by molar-refractivity contribution is 5.98. The van der Waals surface area contributed by atoms with E-state index >= 15 is 0 Å². The van der Waals surface area contributed by atoms with Crippen molar-refractivity contribution in [3.63, 3.8) is 0 Å². The number of nitrogens with two attached hydrogens (primary N) is 1. The van der Waals surface area contributed by atoms with Gasteiger partial charge in [-0.3, -0.25) is 15.1 Å². The lowest BCUT2D eigenvalue weighted by Gasteiger charge is -2.44. The third kappa shape index (κ3) is 3.60. The van der Waals surface area contributed by atoms with Crippen LogP contribution in [0, 0.1) is 16.7 Å². The number of nitriles is 1. The van der Waals surface area contributed by atoms with Gasteiger partial charge in [0.05, 0.1) is 18.2 Å². The minimum Gasteiger partial charge on any atom is -0.485 e. The molecule has 30 heavy (non-hydrogen) atoms. The summed E-state index contributed by atoms with van der Waals surface area (Å²) < 4.78 is 12.0. The van der Waals surface area contributed by atoms with Crippen LogP contribution in [0.5, 0.6) is 5.75 Å². The van der Waals surface area contributed by atoms with Crippen molar-refractivity contribution in [2.24, 2.45) is 5.73 Å². The third-order valence-electron chi connectivity index (χ3n) is 5.72. The number of hydrogen-bond donors (Lipinski definition) is 2. The first-order valence-electron chi connectivity index (χ1n) is 9.82. The molecule has 1 spiro atoms. The minimum atomic E-state index is -0.566. The molecule has 2 aliphatic rings. The first kappa shape index (κ1) is 19.9.